The Bertz CT molecular complexity index is 238. The van der Waals surface area contributed by atoms with Gasteiger partial charge in [0.15, 0.2) is 6.29 Å². The van der Waals surface area contributed by atoms with Crippen molar-refractivity contribution in [2.75, 3.05) is 26.9 Å². The first kappa shape index (κ1) is 15.7. The highest BCUT2D eigenvalue weighted by molar-refractivity contribution is 4.90. The van der Waals surface area contributed by atoms with Gasteiger partial charge in [-0.15, -0.1) is 0 Å². The van der Waals surface area contributed by atoms with E-state index in [1.54, 1.807) is 0 Å². The van der Waals surface area contributed by atoms with Crippen LogP contribution in [-0.4, -0.2) is 89.3 Å². The van der Waals surface area contributed by atoms with Gasteiger partial charge in [-0.3, -0.25) is 0 Å². The molecule has 1 saturated heterocycles. The SMILES string of the molecule is CO[C@H]1[C@@H](O)[C@@H](CO)O[C@H](OCC(O)CO)[C@@H]1O. The average Bonchev–Trinajstić information content (AvgIpc) is 2.38. The van der Waals surface area contributed by atoms with Crippen LogP contribution in [0.25, 0.3) is 0 Å². The molecule has 0 radical (unpaired) electrons. The van der Waals surface area contributed by atoms with E-state index in [0.717, 1.165) is 0 Å². The Morgan fingerprint density at radius 1 is 1.22 bits per heavy atom. The first-order valence-electron chi connectivity index (χ1n) is 5.60. The monoisotopic (exact) mass is 268 g/mol. The first-order chi connectivity index (χ1) is 8.54. The standard InChI is InChI=1S/C10H20O8/c1-16-9-7(14)6(3-12)18-10(8(9)15)17-4-5(13)2-11/h5-15H,2-4H2,1H3/t5?,6-,7+,8-,9+,10+/m1/s1. The zero-order chi connectivity index (χ0) is 13.7. The molecule has 8 nitrogen and oxygen atoms in total. The number of aliphatic hydroxyl groups is 5. The third kappa shape index (κ3) is 3.59. The van der Waals surface area contributed by atoms with E-state index in [1.165, 1.54) is 7.11 Å². The fourth-order valence-corrected chi connectivity index (χ4v) is 1.73. The van der Waals surface area contributed by atoms with Crippen molar-refractivity contribution < 1.29 is 39.7 Å². The Kier molecular flexibility index (Phi) is 6.39. The van der Waals surface area contributed by atoms with Crippen molar-refractivity contribution >= 4 is 0 Å². The summed E-state index contributed by atoms with van der Waals surface area (Å²) in [6, 6.07) is 0. The molecule has 0 amide bonds. The van der Waals surface area contributed by atoms with E-state index in [2.05, 4.69) is 0 Å². The third-order valence-electron chi connectivity index (χ3n) is 2.76. The van der Waals surface area contributed by atoms with Crippen LogP contribution in [0.5, 0.6) is 0 Å². The van der Waals surface area contributed by atoms with Crippen molar-refractivity contribution in [1.82, 2.24) is 0 Å². The van der Waals surface area contributed by atoms with Gasteiger partial charge in [0.25, 0.3) is 0 Å². The van der Waals surface area contributed by atoms with E-state index in [4.69, 9.17) is 29.5 Å². The van der Waals surface area contributed by atoms with Crippen molar-refractivity contribution in [3.63, 3.8) is 0 Å². The topological polar surface area (TPSA) is 129 Å². The molecule has 5 N–H and O–H groups in total. The molecule has 6 atom stereocenters. The summed E-state index contributed by atoms with van der Waals surface area (Å²) in [5.74, 6) is 0. The number of hydrogen-bond acceptors (Lipinski definition) is 8. The Balaban J connectivity index is 2.61. The van der Waals surface area contributed by atoms with Gasteiger partial charge in [-0.25, -0.2) is 0 Å². The summed E-state index contributed by atoms with van der Waals surface area (Å²) in [4.78, 5) is 0. The van der Waals surface area contributed by atoms with Crippen LogP contribution in [0.4, 0.5) is 0 Å². The molecule has 1 aliphatic heterocycles. The summed E-state index contributed by atoms with van der Waals surface area (Å²) >= 11 is 0. The zero-order valence-electron chi connectivity index (χ0n) is 10.0. The van der Waals surface area contributed by atoms with Gasteiger partial charge in [0.05, 0.1) is 19.8 Å². The minimum atomic E-state index is -1.27. The molecule has 0 aromatic heterocycles. The third-order valence-corrected chi connectivity index (χ3v) is 2.76. The molecule has 0 bridgehead atoms. The molecule has 1 fully saturated rings. The Morgan fingerprint density at radius 3 is 2.39 bits per heavy atom. The lowest BCUT2D eigenvalue weighted by Crippen LogP contribution is -2.60. The minimum Gasteiger partial charge on any atom is -0.394 e. The van der Waals surface area contributed by atoms with E-state index in [0.29, 0.717) is 0 Å². The predicted molar refractivity (Wildman–Crippen MR) is 57.6 cm³/mol. The van der Waals surface area contributed by atoms with Gasteiger partial charge in [0.2, 0.25) is 0 Å². The maximum absolute atomic E-state index is 9.84. The maximum Gasteiger partial charge on any atom is 0.186 e. The van der Waals surface area contributed by atoms with Gasteiger partial charge in [0, 0.05) is 7.11 Å². The van der Waals surface area contributed by atoms with Gasteiger partial charge in [0.1, 0.15) is 30.5 Å². The molecule has 108 valence electrons. The average molecular weight is 268 g/mol. The molecule has 18 heavy (non-hydrogen) atoms. The van der Waals surface area contributed by atoms with Crippen LogP contribution in [0.1, 0.15) is 0 Å². The van der Waals surface area contributed by atoms with Crippen molar-refractivity contribution in [2.24, 2.45) is 0 Å². The Morgan fingerprint density at radius 2 is 1.89 bits per heavy atom. The summed E-state index contributed by atoms with van der Waals surface area (Å²) in [6.07, 6.45) is -6.61. The smallest absolute Gasteiger partial charge is 0.186 e. The van der Waals surface area contributed by atoms with Crippen molar-refractivity contribution in [3.05, 3.63) is 0 Å². The highest BCUT2D eigenvalue weighted by Gasteiger charge is 2.45. The molecule has 1 unspecified atom stereocenters. The molecule has 1 heterocycles. The minimum absolute atomic E-state index is 0.247. The fraction of sp³-hybridized carbons (Fsp3) is 1.00. The van der Waals surface area contributed by atoms with Gasteiger partial charge in [-0.1, -0.05) is 0 Å². The van der Waals surface area contributed by atoms with E-state index in [-0.39, 0.29) is 6.61 Å². The van der Waals surface area contributed by atoms with Gasteiger partial charge in [-0.2, -0.15) is 0 Å². The molecule has 0 aliphatic carbocycles. The van der Waals surface area contributed by atoms with Gasteiger partial charge in [-0.05, 0) is 0 Å². The molecule has 0 spiro atoms. The Labute approximate surface area is 104 Å². The molecule has 1 aliphatic rings. The van der Waals surface area contributed by atoms with Gasteiger partial charge < -0.3 is 39.7 Å². The van der Waals surface area contributed by atoms with Crippen molar-refractivity contribution in [3.8, 4) is 0 Å². The molecule has 8 heteroatoms. The maximum atomic E-state index is 9.84. The molecular formula is C10H20O8. The van der Waals surface area contributed by atoms with Gasteiger partial charge >= 0.3 is 0 Å². The van der Waals surface area contributed by atoms with E-state index < -0.39 is 50.0 Å². The molecule has 0 aromatic rings. The van der Waals surface area contributed by atoms with Crippen LogP contribution in [0, 0.1) is 0 Å². The van der Waals surface area contributed by atoms with E-state index in [9.17, 15) is 10.2 Å². The van der Waals surface area contributed by atoms with Crippen LogP contribution in [0.15, 0.2) is 0 Å². The lowest BCUT2D eigenvalue weighted by atomic mass is 9.99. The van der Waals surface area contributed by atoms with Crippen LogP contribution < -0.4 is 0 Å². The highest BCUT2D eigenvalue weighted by Crippen LogP contribution is 2.23. The van der Waals surface area contributed by atoms with Crippen molar-refractivity contribution in [2.45, 2.75) is 36.8 Å². The summed E-state index contributed by atoms with van der Waals surface area (Å²) in [7, 11) is 1.30. The summed E-state index contributed by atoms with van der Waals surface area (Å²) < 4.78 is 15.1. The second kappa shape index (κ2) is 7.31. The summed E-state index contributed by atoms with van der Waals surface area (Å²) in [5, 5.41) is 46.4. The summed E-state index contributed by atoms with van der Waals surface area (Å²) in [5.41, 5.74) is 0. The number of methoxy groups -OCH3 is 1. The Hall–Kier alpha value is -0.320. The molecule has 0 saturated carbocycles. The van der Waals surface area contributed by atoms with E-state index >= 15 is 0 Å². The van der Waals surface area contributed by atoms with E-state index in [1.807, 2.05) is 0 Å². The lowest BCUT2D eigenvalue weighted by Gasteiger charge is -2.41. The fourth-order valence-electron chi connectivity index (χ4n) is 1.73. The van der Waals surface area contributed by atoms with Crippen LogP contribution in [0.2, 0.25) is 0 Å². The lowest BCUT2D eigenvalue weighted by molar-refractivity contribution is -0.308. The molecule has 1 rings (SSSR count). The van der Waals surface area contributed by atoms with Crippen LogP contribution in [0.3, 0.4) is 0 Å². The summed E-state index contributed by atoms with van der Waals surface area (Å²) in [6.45, 7) is -1.19. The number of ether oxygens (including phenoxy) is 3. The quantitative estimate of drug-likeness (QED) is 0.341. The second-order valence-corrected chi connectivity index (χ2v) is 4.08. The zero-order valence-corrected chi connectivity index (χ0v) is 10.0. The van der Waals surface area contributed by atoms with Crippen LogP contribution in [-0.2, 0) is 14.2 Å². The van der Waals surface area contributed by atoms with Crippen LogP contribution >= 0.6 is 0 Å². The predicted octanol–water partition coefficient (Wildman–Crippen LogP) is -3.19. The number of hydrogen-bond donors (Lipinski definition) is 5. The molecule has 0 aromatic carbocycles. The highest BCUT2D eigenvalue weighted by atomic mass is 16.7. The first-order valence-corrected chi connectivity index (χ1v) is 5.60. The largest absolute Gasteiger partial charge is 0.394 e. The van der Waals surface area contributed by atoms with Crippen molar-refractivity contribution in [1.29, 1.82) is 0 Å². The number of rotatable bonds is 6. The molecular weight excluding hydrogens is 248 g/mol. The second-order valence-electron chi connectivity index (χ2n) is 4.08. The normalized spacial score (nSPS) is 38.7. The number of aliphatic hydroxyl groups excluding tert-OH is 5.